The van der Waals surface area contributed by atoms with Crippen molar-refractivity contribution in [3.63, 3.8) is 0 Å². The van der Waals surface area contributed by atoms with E-state index in [0.29, 0.717) is 11.3 Å². The van der Waals surface area contributed by atoms with E-state index in [1.807, 2.05) is 0 Å². The fraction of sp³-hybridized carbons (Fsp3) is 0.182. The molecule has 8 heteroatoms. The third kappa shape index (κ3) is 3.14. The van der Waals surface area contributed by atoms with Gasteiger partial charge >= 0.3 is 0 Å². The first-order valence-corrected chi connectivity index (χ1v) is 7.63. The summed E-state index contributed by atoms with van der Waals surface area (Å²) in [5.74, 6) is 0.273. The summed E-state index contributed by atoms with van der Waals surface area (Å²) < 4.78 is 27.4. The van der Waals surface area contributed by atoms with Crippen LogP contribution in [0.5, 0.6) is 0 Å². The van der Waals surface area contributed by atoms with Crippen LogP contribution in [-0.2, 0) is 16.6 Å². The highest BCUT2D eigenvalue weighted by Crippen LogP contribution is 2.20. The molecule has 2 aromatic heterocycles. The lowest BCUT2D eigenvalue weighted by Crippen LogP contribution is -2.14. The Kier molecular flexibility index (Phi) is 3.93. The molecule has 0 aliphatic rings. The molecule has 0 saturated carbocycles. The fourth-order valence-corrected chi connectivity index (χ4v) is 3.04. The molecule has 0 amide bonds. The number of nitrogens with one attached hydrogen (secondary N) is 2. The molecule has 0 atom stereocenters. The van der Waals surface area contributed by atoms with Crippen molar-refractivity contribution >= 4 is 31.8 Å². The lowest BCUT2D eigenvalue weighted by molar-refractivity contribution is 0.277. The van der Waals surface area contributed by atoms with Gasteiger partial charge in [0, 0.05) is 22.6 Å². The number of hydrogen-bond donors (Lipinski definition) is 3. The summed E-state index contributed by atoms with van der Waals surface area (Å²) in [5, 5.41) is 8.92. The van der Waals surface area contributed by atoms with Crippen molar-refractivity contribution in [1.82, 2.24) is 9.97 Å². The van der Waals surface area contributed by atoms with E-state index in [1.165, 1.54) is 18.5 Å². The topological polar surface area (TPSA) is 95.1 Å². The van der Waals surface area contributed by atoms with Crippen LogP contribution in [0.15, 0.2) is 33.9 Å². The van der Waals surface area contributed by atoms with Gasteiger partial charge in [0.1, 0.15) is 10.7 Å². The Labute approximate surface area is 119 Å². The first kappa shape index (κ1) is 14.0. The van der Waals surface area contributed by atoms with E-state index >= 15 is 0 Å². The van der Waals surface area contributed by atoms with Gasteiger partial charge in [0.05, 0.1) is 6.61 Å². The summed E-state index contributed by atoms with van der Waals surface area (Å²) in [6.45, 7) is 1.51. The molecule has 0 spiro atoms. The summed E-state index contributed by atoms with van der Waals surface area (Å²) in [6, 6.07) is 3.14. The number of aliphatic hydroxyl groups is 1. The normalized spacial score (nSPS) is 11.5. The second-order valence-electron chi connectivity index (χ2n) is 3.94. The van der Waals surface area contributed by atoms with Gasteiger partial charge in [-0.1, -0.05) is 0 Å². The van der Waals surface area contributed by atoms with Gasteiger partial charge in [0.2, 0.25) is 0 Å². The number of nitrogens with zero attached hydrogens (tertiary/aromatic N) is 1. The molecule has 0 radical (unpaired) electrons. The number of aromatic amines is 1. The monoisotopic (exact) mass is 345 g/mol. The number of anilines is 1. The van der Waals surface area contributed by atoms with Gasteiger partial charge in [-0.3, -0.25) is 4.72 Å². The van der Waals surface area contributed by atoms with Crippen molar-refractivity contribution < 1.29 is 13.5 Å². The van der Waals surface area contributed by atoms with Gasteiger partial charge in [0.15, 0.2) is 0 Å². The minimum Gasteiger partial charge on any atom is -0.390 e. The Balaban J connectivity index is 2.30. The third-order valence-electron chi connectivity index (χ3n) is 2.47. The van der Waals surface area contributed by atoms with Crippen molar-refractivity contribution in [2.45, 2.75) is 18.4 Å². The van der Waals surface area contributed by atoms with Crippen molar-refractivity contribution in [1.29, 1.82) is 0 Å². The van der Waals surface area contributed by atoms with Gasteiger partial charge in [-0.25, -0.2) is 13.4 Å². The lowest BCUT2D eigenvalue weighted by atomic mass is 10.3. The highest BCUT2D eigenvalue weighted by molar-refractivity contribution is 9.10. The maximum Gasteiger partial charge on any atom is 0.264 e. The number of aryl methyl sites for hydroxylation is 1. The number of halogens is 1. The molecule has 0 aliphatic carbocycles. The Morgan fingerprint density at radius 3 is 2.79 bits per heavy atom. The highest BCUT2D eigenvalue weighted by atomic mass is 79.9. The van der Waals surface area contributed by atoms with E-state index in [-0.39, 0.29) is 17.3 Å². The molecular formula is C11H12BrN3O3S. The van der Waals surface area contributed by atoms with Gasteiger partial charge in [-0.2, -0.15) is 0 Å². The molecule has 3 N–H and O–H groups in total. The maximum absolute atomic E-state index is 12.1. The van der Waals surface area contributed by atoms with Gasteiger partial charge < -0.3 is 10.1 Å². The largest absolute Gasteiger partial charge is 0.390 e. The molecular weight excluding hydrogens is 334 g/mol. The van der Waals surface area contributed by atoms with E-state index in [4.69, 9.17) is 5.11 Å². The molecule has 2 aromatic rings. The van der Waals surface area contributed by atoms with Crippen LogP contribution in [0, 0.1) is 6.92 Å². The summed E-state index contributed by atoms with van der Waals surface area (Å²) in [5.41, 5.74) is 1.14. The summed E-state index contributed by atoms with van der Waals surface area (Å²) in [7, 11) is -3.71. The summed E-state index contributed by atoms with van der Waals surface area (Å²) >= 11 is 3.26. The molecule has 19 heavy (non-hydrogen) atoms. The van der Waals surface area contributed by atoms with E-state index in [2.05, 4.69) is 30.6 Å². The van der Waals surface area contributed by atoms with Crippen LogP contribution in [0.2, 0.25) is 0 Å². The molecule has 0 fully saturated rings. The predicted octanol–water partition coefficient (Wildman–Crippen LogP) is 1.77. The number of hydrogen-bond acceptors (Lipinski definition) is 4. The SMILES string of the molecule is Cc1cc(Br)cnc1NS(=O)(=O)c1c[nH]c(CO)c1. The number of pyridine rings is 1. The highest BCUT2D eigenvalue weighted by Gasteiger charge is 2.17. The van der Waals surface area contributed by atoms with Gasteiger partial charge in [-0.15, -0.1) is 0 Å². The van der Waals surface area contributed by atoms with Crippen molar-refractivity contribution in [3.05, 3.63) is 40.3 Å². The first-order valence-electron chi connectivity index (χ1n) is 5.35. The number of aromatic nitrogens is 2. The number of rotatable bonds is 4. The standard InChI is InChI=1S/C11H12BrN3O3S/c1-7-2-8(12)4-14-11(7)15-19(17,18)10-3-9(6-16)13-5-10/h2-5,13,16H,6H2,1H3,(H,14,15). The van der Waals surface area contributed by atoms with E-state index < -0.39 is 10.0 Å². The van der Waals surface area contributed by atoms with E-state index in [9.17, 15) is 8.42 Å². The number of sulfonamides is 1. The maximum atomic E-state index is 12.1. The molecule has 2 heterocycles. The Morgan fingerprint density at radius 2 is 2.21 bits per heavy atom. The zero-order valence-corrected chi connectivity index (χ0v) is 12.4. The number of H-pyrrole nitrogens is 1. The van der Waals surface area contributed by atoms with Crippen molar-refractivity contribution in [2.24, 2.45) is 0 Å². The average Bonchev–Trinajstić information content (AvgIpc) is 2.82. The third-order valence-corrected chi connectivity index (χ3v) is 4.22. The van der Waals surface area contributed by atoms with Crippen LogP contribution < -0.4 is 4.72 Å². The van der Waals surface area contributed by atoms with Crippen molar-refractivity contribution in [2.75, 3.05) is 4.72 Å². The van der Waals surface area contributed by atoms with Crippen LogP contribution in [0.25, 0.3) is 0 Å². The molecule has 0 saturated heterocycles. The number of aliphatic hydroxyl groups excluding tert-OH is 1. The smallest absolute Gasteiger partial charge is 0.264 e. The Morgan fingerprint density at radius 1 is 1.47 bits per heavy atom. The fourth-order valence-electron chi connectivity index (χ4n) is 1.50. The van der Waals surface area contributed by atoms with E-state index in [0.717, 1.165) is 4.47 Å². The Bertz CT molecular complexity index is 697. The van der Waals surface area contributed by atoms with Crippen LogP contribution >= 0.6 is 15.9 Å². The quantitative estimate of drug-likeness (QED) is 0.786. The zero-order valence-electron chi connectivity index (χ0n) is 10.0. The molecule has 102 valence electrons. The van der Waals surface area contributed by atoms with Gasteiger partial charge in [0.25, 0.3) is 10.0 Å². The molecule has 6 nitrogen and oxygen atoms in total. The predicted molar refractivity (Wildman–Crippen MR) is 74.2 cm³/mol. The zero-order chi connectivity index (χ0) is 14.0. The second-order valence-corrected chi connectivity index (χ2v) is 6.54. The summed E-state index contributed by atoms with van der Waals surface area (Å²) in [4.78, 5) is 6.75. The molecule has 0 aromatic carbocycles. The average molecular weight is 346 g/mol. The Hall–Kier alpha value is -1.38. The lowest BCUT2D eigenvalue weighted by Gasteiger charge is -2.08. The van der Waals surface area contributed by atoms with Crippen LogP contribution in [0.3, 0.4) is 0 Å². The second kappa shape index (κ2) is 5.32. The van der Waals surface area contributed by atoms with Gasteiger partial charge in [-0.05, 0) is 40.5 Å². The minimum absolute atomic E-state index is 0.0562. The first-order chi connectivity index (χ1) is 8.92. The molecule has 0 aliphatic heterocycles. The summed E-state index contributed by atoms with van der Waals surface area (Å²) in [6.07, 6.45) is 2.84. The molecule has 2 rings (SSSR count). The van der Waals surface area contributed by atoms with Crippen LogP contribution in [-0.4, -0.2) is 23.5 Å². The van der Waals surface area contributed by atoms with Crippen molar-refractivity contribution in [3.8, 4) is 0 Å². The van der Waals surface area contributed by atoms with E-state index in [1.54, 1.807) is 13.0 Å². The molecule has 0 bridgehead atoms. The van der Waals surface area contributed by atoms with Crippen LogP contribution in [0.4, 0.5) is 5.82 Å². The molecule has 0 unspecified atom stereocenters. The minimum atomic E-state index is -3.71. The van der Waals surface area contributed by atoms with Crippen LogP contribution in [0.1, 0.15) is 11.3 Å².